The summed E-state index contributed by atoms with van der Waals surface area (Å²) in [7, 11) is 0. The second-order valence-corrected chi connectivity index (χ2v) is 11.2. The van der Waals surface area contributed by atoms with Crippen LogP contribution in [0.2, 0.25) is 0 Å². The van der Waals surface area contributed by atoms with Crippen molar-refractivity contribution in [1.82, 2.24) is 9.80 Å². The molecule has 37 heavy (non-hydrogen) atoms. The number of likely N-dealkylation sites (tertiary alicyclic amines) is 2. The molecule has 2 aliphatic carbocycles. The zero-order valence-electron chi connectivity index (χ0n) is 19.2. The van der Waals surface area contributed by atoms with E-state index in [1.54, 1.807) is 30.3 Å². The van der Waals surface area contributed by atoms with Crippen molar-refractivity contribution in [3.05, 3.63) is 41.5 Å². The average molecular weight is 615 g/mol. The lowest BCUT2D eigenvalue weighted by atomic mass is 9.56. The summed E-state index contributed by atoms with van der Waals surface area (Å²) < 4.78 is 5.43. The van der Waals surface area contributed by atoms with Gasteiger partial charge in [0, 0.05) is 5.92 Å². The molecular weight excluding hydrogens is 593 g/mol. The molecule has 10 nitrogen and oxygen atoms in total. The molecule has 3 fully saturated rings. The number of rotatable bonds is 5. The number of aliphatic hydroxyl groups excluding tert-OH is 1. The molecule has 6 amide bonds. The molecule has 6 unspecified atom stereocenters. The van der Waals surface area contributed by atoms with E-state index in [0.717, 1.165) is 4.90 Å². The van der Waals surface area contributed by atoms with Crippen molar-refractivity contribution in [3.63, 3.8) is 0 Å². The summed E-state index contributed by atoms with van der Waals surface area (Å²) in [6.45, 7) is -0.0852. The second-order valence-electron chi connectivity index (χ2n) is 9.48. The van der Waals surface area contributed by atoms with Gasteiger partial charge in [0.1, 0.15) is 12.4 Å². The van der Waals surface area contributed by atoms with Crippen molar-refractivity contribution < 1.29 is 33.8 Å². The minimum Gasteiger partial charge on any atom is -0.491 e. The van der Waals surface area contributed by atoms with Gasteiger partial charge in [-0.3, -0.25) is 24.1 Å². The molecule has 5 rings (SSSR count). The van der Waals surface area contributed by atoms with Gasteiger partial charge in [-0.1, -0.05) is 39.7 Å². The van der Waals surface area contributed by atoms with Crippen molar-refractivity contribution in [1.29, 1.82) is 0 Å². The van der Waals surface area contributed by atoms with Gasteiger partial charge in [0.15, 0.2) is 9.75 Å². The van der Waals surface area contributed by atoms with Crippen LogP contribution in [0, 0.1) is 17.8 Å². The number of allylic oxidation sites excluding steroid dienone is 2. The van der Waals surface area contributed by atoms with Gasteiger partial charge in [0.2, 0.25) is 11.8 Å². The first-order valence-electron chi connectivity index (χ1n) is 11.5. The highest BCUT2D eigenvalue weighted by Crippen LogP contribution is 2.65. The van der Waals surface area contributed by atoms with Crippen LogP contribution in [0.4, 0.5) is 4.79 Å². The average Bonchev–Trinajstić information content (AvgIpc) is 3.21. The van der Waals surface area contributed by atoms with E-state index in [0.29, 0.717) is 21.8 Å². The highest BCUT2D eigenvalue weighted by Gasteiger charge is 2.76. The number of benzene rings is 1. The van der Waals surface area contributed by atoms with Gasteiger partial charge in [-0.25, -0.2) is 4.79 Å². The van der Waals surface area contributed by atoms with Gasteiger partial charge in [0.25, 0.3) is 11.8 Å². The monoisotopic (exact) mass is 613 g/mol. The molecule has 3 N–H and O–H groups in total. The minimum absolute atomic E-state index is 0.0863. The van der Waals surface area contributed by atoms with E-state index in [2.05, 4.69) is 15.9 Å². The third kappa shape index (κ3) is 3.43. The summed E-state index contributed by atoms with van der Waals surface area (Å²) in [4.78, 5) is 62.7. The fourth-order valence-corrected chi connectivity index (χ4v) is 7.69. The number of carbonyl (C=O) groups excluding carboxylic acids is 5. The van der Waals surface area contributed by atoms with Crippen molar-refractivity contribution in [3.8, 4) is 5.75 Å². The number of carbonyl (C=O) groups is 5. The molecule has 2 heterocycles. The number of fused-ring (bicyclic) bond motifs is 4. The number of hydrogen-bond donors (Lipinski definition) is 2. The topological polar surface area (TPSA) is 147 Å². The summed E-state index contributed by atoms with van der Waals surface area (Å²) >= 11 is 17.4. The van der Waals surface area contributed by atoms with E-state index in [9.17, 15) is 24.0 Å². The molecule has 13 heteroatoms. The minimum atomic E-state index is -1.93. The lowest BCUT2D eigenvalue weighted by Gasteiger charge is -2.50. The summed E-state index contributed by atoms with van der Waals surface area (Å²) in [5.41, 5.74) is 6.34. The van der Waals surface area contributed by atoms with Crippen LogP contribution < -0.4 is 10.5 Å². The number of ether oxygens (including phenoxy) is 1. The van der Waals surface area contributed by atoms with Crippen LogP contribution in [0.1, 0.15) is 24.3 Å². The normalized spacial score (nSPS) is 34.8. The number of nitrogens with zero attached hydrogens (tertiary/aromatic N) is 2. The first kappa shape index (κ1) is 26.1. The molecule has 0 spiro atoms. The molecule has 196 valence electrons. The molecule has 6 atom stereocenters. The predicted molar refractivity (Wildman–Crippen MR) is 134 cm³/mol. The van der Waals surface area contributed by atoms with Crippen LogP contribution in [-0.2, 0) is 19.2 Å². The molecule has 2 saturated heterocycles. The first-order chi connectivity index (χ1) is 17.5. The number of aliphatic hydroxyl groups is 1. The number of imide groups is 4. The Hall–Kier alpha value is -2.47. The Balaban J connectivity index is 1.67. The summed E-state index contributed by atoms with van der Waals surface area (Å²) in [5, 5.41) is 9.02. The van der Waals surface area contributed by atoms with E-state index in [1.807, 2.05) is 0 Å². The third-order valence-corrected chi connectivity index (χ3v) is 9.72. The largest absolute Gasteiger partial charge is 0.491 e. The molecule has 2 aliphatic heterocycles. The number of hydrogen-bond acceptors (Lipinski definition) is 7. The number of alkyl halides is 3. The fraction of sp³-hybridized carbons (Fsp3) is 0.458. The molecule has 0 radical (unpaired) electrons. The van der Waals surface area contributed by atoms with Crippen molar-refractivity contribution >= 4 is 68.8 Å². The smallest absolute Gasteiger partial charge is 0.328 e. The van der Waals surface area contributed by atoms with Gasteiger partial charge in [-0.05, 0) is 36.5 Å². The number of amides is 6. The highest BCUT2D eigenvalue weighted by atomic mass is 79.9. The molecule has 1 aromatic carbocycles. The molecule has 0 aromatic heterocycles. The van der Waals surface area contributed by atoms with Gasteiger partial charge in [0.05, 0.1) is 23.9 Å². The van der Waals surface area contributed by atoms with Crippen molar-refractivity contribution in [2.24, 2.45) is 23.5 Å². The van der Waals surface area contributed by atoms with E-state index in [4.69, 9.17) is 38.8 Å². The number of halogens is 3. The van der Waals surface area contributed by atoms with Crippen LogP contribution in [0.5, 0.6) is 5.75 Å². The predicted octanol–water partition coefficient (Wildman–Crippen LogP) is 1.85. The standard InChI is InChI=1S/C24H22BrCl2N3O7/c25-10-29-20(34)23(26)9-15-13(5-6-14-16(15)19(33)30(18(14)32)22(28)36)17(24(23,27)21(29)35)11-1-3-12(4-2-11)37-8-7-31/h1-5,14-17,31H,6-10H2,(H2,28,36). The lowest BCUT2D eigenvalue weighted by Crippen LogP contribution is -2.60. The van der Waals surface area contributed by atoms with Crippen molar-refractivity contribution in [2.45, 2.75) is 28.5 Å². The quantitative estimate of drug-likeness (QED) is 0.223. The molecule has 4 aliphatic rings. The summed E-state index contributed by atoms with van der Waals surface area (Å²) in [5.74, 6) is -5.85. The van der Waals surface area contributed by atoms with Crippen LogP contribution >= 0.6 is 39.1 Å². The zero-order valence-corrected chi connectivity index (χ0v) is 22.3. The molecule has 1 aromatic rings. The second kappa shape index (κ2) is 9.07. The van der Waals surface area contributed by atoms with Crippen LogP contribution in [0.3, 0.4) is 0 Å². The Morgan fingerprint density at radius 1 is 1.11 bits per heavy atom. The number of nitrogens with two attached hydrogens (primary N) is 1. The maximum absolute atomic E-state index is 13.6. The maximum Gasteiger partial charge on any atom is 0.328 e. The lowest BCUT2D eigenvalue weighted by molar-refractivity contribution is -0.139. The zero-order chi connectivity index (χ0) is 26.9. The van der Waals surface area contributed by atoms with Gasteiger partial charge in [-0.15, -0.1) is 23.2 Å². The van der Waals surface area contributed by atoms with Gasteiger partial charge < -0.3 is 15.6 Å². The van der Waals surface area contributed by atoms with Crippen molar-refractivity contribution in [2.75, 3.05) is 18.7 Å². The Labute approximate surface area is 229 Å². The van der Waals surface area contributed by atoms with Crippen LogP contribution in [-0.4, -0.2) is 73.0 Å². The Morgan fingerprint density at radius 3 is 2.38 bits per heavy atom. The van der Waals surface area contributed by atoms with E-state index in [1.165, 1.54) is 0 Å². The first-order valence-corrected chi connectivity index (χ1v) is 13.4. The number of urea groups is 1. The molecular formula is C24H22BrCl2N3O7. The fourth-order valence-electron chi connectivity index (χ4n) is 6.26. The van der Waals surface area contributed by atoms with E-state index in [-0.39, 0.29) is 31.5 Å². The van der Waals surface area contributed by atoms with Crippen LogP contribution in [0.15, 0.2) is 35.9 Å². The highest BCUT2D eigenvalue weighted by molar-refractivity contribution is 9.09. The SMILES string of the molecule is NC(=O)N1C(=O)C2CC=C3C(CC4(Cl)C(=O)N(CBr)C(=O)C4(Cl)C3c3ccc(OCCO)cc3)C2C1=O. The molecule has 1 saturated carbocycles. The molecule has 0 bridgehead atoms. The van der Waals surface area contributed by atoms with Gasteiger partial charge >= 0.3 is 6.03 Å². The Kier molecular flexibility index (Phi) is 6.41. The third-order valence-electron chi connectivity index (χ3n) is 7.81. The van der Waals surface area contributed by atoms with E-state index < -0.39 is 63.1 Å². The summed E-state index contributed by atoms with van der Waals surface area (Å²) in [6, 6.07) is 5.47. The van der Waals surface area contributed by atoms with Crippen LogP contribution in [0.25, 0.3) is 0 Å². The van der Waals surface area contributed by atoms with E-state index >= 15 is 0 Å². The summed E-state index contributed by atoms with van der Waals surface area (Å²) in [6.07, 6.45) is 1.71. The maximum atomic E-state index is 13.6. The Morgan fingerprint density at radius 2 is 1.78 bits per heavy atom. The number of primary amides is 1. The Bertz CT molecular complexity index is 1260. The van der Waals surface area contributed by atoms with Gasteiger partial charge in [-0.2, -0.15) is 4.90 Å².